The van der Waals surface area contributed by atoms with Crippen LogP contribution in [0.1, 0.15) is 37.7 Å². The average Bonchev–Trinajstić information content (AvgIpc) is 3.19. The summed E-state index contributed by atoms with van der Waals surface area (Å²) < 4.78 is 0. The van der Waals surface area contributed by atoms with Gasteiger partial charge in [0.2, 0.25) is 11.8 Å². The second-order valence-corrected chi connectivity index (χ2v) is 9.31. The van der Waals surface area contributed by atoms with Crippen LogP contribution < -0.4 is 10.6 Å². The number of pyridine rings is 1. The Bertz CT molecular complexity index is 752. The lowest BCUT2D eigenvalue weighted by Crippen LogP contribution is -2.54. The van der Waals surface area contributed by atoms with E-state index in [1.807, 2.05) is 12.1 Å². The van der Waals surface area contributed by atoms with Crippen molar-refractivity contribution < 1.29 is 9.59 Å². The van der Waals surface area contributed by atoms with Crippen molar-refractivity contribution in [2.75, 3.05) is 40.3 Å². The fourth-order valence-corrected chi connectivity index (χ4v) is 5.42. The number of fused-ring (bicyclic) bond motifs is 1. The van der Waals surface area contributed by atoms with Gasteiger partial charge in [-0.1, -0.05) is 6.07 Å². The summed E-state index contributed by atoms with van der Waals surface area (Å²) in [4.78, 5) is 36.7. The predicted octanol–water partition coefficient (Wildman–Crippen LogP) is 0.445. The molecule has 0 spiro atoms. The van der Waals surface area contributed by atoms with Crippen molar-refractivity contribution in [3.05, 3.63) is 30.1 Å². The zero-order valence-corrected chi connectivity index (χ0v) is 18.8. The number of likely N-dealkylation sites (N-methyl/N-ethyl adjacent to an activating group) is 1. The Kier molecular flexibility index (Phi) is 7.20. The normalized spacial score (nSPS) is 28.7. The smallest absolute Gasteiger partial charge is 0.239 e. The first-order valence-corrected chi connectivity index (χ1v) is 11.6. The van der Waals surface area contributed by atoms with E-state index in [0.29, 0.717) is 25.6 Å². The Hall–Kier alpha value is -2.03. The molecule has 0 saturated carbocycles. The maximum Gasteiger partial charge on any atom is 0.239 e. The van der Waals surface area contributed by atoms with Gasteiger partial charge < -0.3 is 15.5 Å². The molecule has 2 amide bonds. The van der Waals surface area contributed by atoms with E-state index in [4.69, 9.17) is 0 Å². The first kappa shape index (κ1) is 22.2. The van der Waals surface area contributed by atoms with Gasteiger partial charge in [0.1, 0.15) is 6.04 Å². The van der Waals surface area contributed by atoms with Gasteiger partial charge in [0.25, 0.3) is 0 Å². The number of nitrogens with zero attached hydrogens (tertiary/aromatic N) is 4. The van der Waals surface area contributed by atoms with Crippen molar-refractivity contribution in [3.63, 3.8) is 0 Å². The van der Waals surface area contributed by atoms with Crippen LogP contribution in [0.5, 0.6) is 0 Å². The summed E-state index contributed by atoms with van der Waals surface area (Å²) in [6.07, 6.45) is 7.99. The summed E-state index contributed by atoms with van der Waals surface area (Å²) in [5, 5.41) is 6.16. The van der Waals surface area contributed by atoms with Crippen LogP contribution in [0.3, 0.4) is 0 Å². The van der Waals surface area contributed by atoms with Crippen LogP contribution in [0, 0.1) is 0 Å². The van der Waals surface area contributed by atoms with Gasteiger partial charge in [-0.2, -0.15) is 0 Å². The number of likely N-dealkylation sites (tertiary alicyclic amines) is 2. The molecule has 3 fully saturated rings. The number of piperidine rings is 1. The van der Waals surface area contributed by atoms with E-state index >= 15 is 0 Å². The highest BCUT2D eigenvalue weighted by Crippen LogP contribution is 2.31. The van der Waals surface area contributed by atoms with Gasteiger partial charge >= 0.3 is 0 Å². The van der Waals surface area contributed by atoms with E-state index in [1.54, 1.807) is 12.4 Å². The lowest BCUT2D eigenvalue weighted by molar-refractivity contribution is -0.127. The molecule has 0 aliphatic carbocycles. The van der Waals surface area contributed by atoms with Crippen molar-refractivity contribution in [1.82, 2.24) is 30.3 Å². The number of hydrogen-bond donors (Lipinski definition) is 2. The Morgan fingerprint density at radius 2 is 2.03 bits per heavy atom. The van der Waals surface area contributed by atoms with E-state index < -0.39 is 0 Å². The van der Waals surface area contributed by atoms with Crippen molar-refractivity contribution in [1.29, 1.82) is 0 Å². The van der Waals surface area contributed by atoms with Crippen molar-refractivity contribution >= 4 is 11.8 Å². The maximum atomic E-state index is 13.0. The van der Waals surface area contributed by atoms with Gasteiger partial charge in [0.15, 0.2) is 0 Å². The Morgan fingerprint density at radius 3 is 2.77 bits per heavy atom. The van der Waals surface area contributed by atoms with E-state index in [0.717, 1.165) is 50.9 Å². The number of amides is 2. The quantitative estimate of drug-likeness (QED) is 0.685. The van der Waals surface area contributed by atoms with E-state index in [9.17, 15) is 9.59 Å². The highest BCUT2D eigenvalue weighted by molar-refractivity contribution is 5.83. The van der Waals surface area contributed by atoms with Crippen LogP contribution in [-0.4, -0.2) is 95.9 Å². The van der Waals surface area contributed by atoms with Crippen LogP contribution in [0.4, 0.5) is 0 Å². The largest absolute Gasteiger partial charge is 0.353 e. The average molecular weight is 429 g/mol. The minimum absolute atomic E-state index is 0.0451. The molecule has 4 rings (SSSR count). The topological polar surface area (TPSA) is 80.8 Å². The second kappa shape index (κ2) is 10.1. The van der Waals surface area contributed by atoms with Crippen molar-refractivity contribution in [2.45, 2.75) is 62.8 Å². The van der Waals surface area contributed by atoms with Gasteiger partial charge in [0, 0.05) is 56.6 Å². The van der Waals surface area contributed by atoms with Gasteiger partial charge in [-0.15, -0.1) is 0 Å². The highest BCUT2D eigenvalue weighted by atomic mass is 16.2. The molecule has 0 radical (unpaired) electrons. The minimum atomic E-state index is -0.0668. The van der Waals surface area contributed by atoms with Gasteiger partial charge in [-0.05, 0) is 64.5 Å². The SMILES string of the molecule is CN1CCC(N2CC[C@H]3[C@H]2C(=O)NC[C@H](CCC(=O)NCc2cccnc2)N3C)CC1. The number of rotatable bonds is 6. The number of carbonyl (C=O) groups excluding carboxylic acids is 2. The number of nitrogens with one attached hydrogen (secondary N) is 2. The number of hydrogen-bond acceptors (Lipinski definition) is 6. The first-order valence-electron chi connectivity index (χ1n) is 11.6. The van der Waals surface area contributed by atoms with Crippen molar-refractivity contribution in [3.8, 4) is 0 Å². The third-order valence-corrected chi connectivity index (χ3v) is 7.36. The van der Waals surface area contributed by atoms with E-state index in [1.165, 1.54) is 0 Å². The van der Waals surface area contributed by atoms with Gasteiger partial charge in [0.05, 0.1) is 0 Å². The van der Waals surface area contributed by atoms with E-state index in [2.05, 4.69) is 44.4 Å². The molecule has 2 N–H and O–H groups in total. The van der Waals surface area contributed by atoms with Crippen molar-refractivity contribution in [2.24, 2.45) is 0 Å². The highest BCUT2D eigenvalue weighted by Gasteiger charge is 2.47. The third kappa shape index (κ3) is 5.25. The lowest BCUT2D eigenvalue weighted by atomic mass is 10.0. The predicted molar refractivity (Wildman–Crippen MR) is 119 cm³/mol. The maximum absolute atomic E-state index is 13.0. The molecular weight excluding hydrogens is 392 g/mol. The molecule has 8 nitrogen and oxygen atoms in total. The minimum Gasteiger partial charge on any atom is -0.353 e. The molecule has 0 unspecified atom stereocenters. The molecule has 170 valence electrons. The van der Waals surface area contributed by atoms with Crippen LogP contribution in [0.2, 0.25) is 0 Å². The molecule has 0 aromatic carbocycles. The first-order chi connectivity index (χ1) is 15.0. The van der Waals surface area contributed by atoms with Crippen LogP contribution in [0.15, 0.2) is 24.5 Å². The molecule has 3 aliphatic heterocycles. The lowest BCUT2D eigenvalue weighted by Gasteiger charge is -2.39. The molecule has 1 aromatic heterocycles. The summed E-state index contributed by atoms with van der Waals surface area (Å²) in [5.41, 5.74) is 0.998. The molecule has 3 atom stereocenters. The van der Waals surface area contributed by atoms with Crippen LogP contribution in [0.25, 0.3) is 0 Å². The Morgan fingerprint density at radius 1 is 1.23 bits per heavy atom. The fourth-order valence-electron chi connectivity index (χ4n) is 5.42. The van der Waals surface area contributed by atoms with Crippen LogP contribution in [-0.2, 0) is 16.1 Å². The molecule has 3 aliphatic rings. The Labute approximate surface area is 185 Å². The molecule has 4 heterocycles. The van der Waals surface area contributed by atoms with Gasteiger partial charge in [-0.25, -0.2) is 0 Å². The fraction of sp³-hybridized carbons (Fsp3) is 0.696. The monoisotopic (exact) mass is 428 g/mol. The van der Waals surface area contributed by atoms with Crippen LogP contribution >= 0.6 is 0 Å². The second-order valence-electron chi connectivity index (χ2n) is 9.31. The molecule has 3 saturated heterocycles. The summed E-state index contributed by atoms with van der Waals surface area (Å²) in [7, 11) is 4.31. The summed E-state index contributed by atoms with van der Waals surface area (Å²) in [5.74, 6) is 0.209. The summed E-state index contributed by atoms with van der Waals surface area (Å²) in [6.45, 7) is 4.30. The summed E-state index contributed by atoms with van der Waals surface area (Å²) in [6, 6.07) is 4.67. The molecule has 1 aromatic rings. The standard InChI is InChI=1S/C23H36N6O2/c1-27-11-7-18(8-12-27)29-13-9-20-22(29)23(31)26-16-19(28(20)2)5-6-21(30)25-15-17-4-3-10-24-14-17/h3-4,10,14,18-20,22H,5-9,11-13,15-16H2,1-2H3,(H,25,30)(H,26,31)/t19-,20-,22-/m0/s1. The summed E-state index contributed by atoms with van der Waals surface area (Å²) >= 11 is 0. The van der Waals surface area contributed by atoms with Gasteiger partial charge in [-0.3, -0.25) is 24.4 Å². The molecule has 0 bridgehead atoms. The molecular formula is C23H36N6O2. The Balaban J connectivity index is 1.31. The third-order valence-electron chi connectivity index (χ3n) is 7.36. The molecule has 31 heavy (non-hydrogen) atoms. The molecule has 8 heteroatoms. The number of aromatic nitrogens is 1. The number of carbonyl (C=O) groups is 2. The zero-order chi connectivity index (χ0) is 21.8. The van der Waals surface area contributed by atoms with E-state index in [-0.39, 0.29) is 29.9 Å². The zero-order valence-electron chi connectivity index (χ0n) is 18.8.